The normalized spacial score (nSPS) is 16.4. The molecule has 2 N–H and O–H groups in total. The SMILES string of the molecule is NC(=O)N(CCc1ccccc1)N1CCCCC1. The smallest absolute Gasteiger partial charge is 0.329 e. The number of rotatable bonds is 4. The Balaban J connectivity index is 1.92. The Morgan fingerprint density at radius 3 is 2.44 bits per heavy atom. The number of urea groups is 1. The van der Waals surface area contributed by atoms with E-state index in [1.165, 1.54) is 12.0 Å². The zero-order valence-corrected chi connectivity index (χ0v) is 10.7. The molecule has 0 bridgehead atoms. The number of nitrogens with two attached hydrogens (primary N) is 1. The fraction of sp³-hybridized carbons (Fsp3) is 0.500. The van der Waals surface area contributed by atoms with Crippen molar-refractivity contribution in [2.45, 2.75) is 25.7 Å². The molecule has 2 amide bonds. The maximum Gasteiger partial charge on any atom is 0.329 e. The minimum atomic E-state index is -0.340. The maximum atomic E-state index is 11.5. The third-order valence-electron chi connectivity index (χ3n) is 3.38. The highest BCUT2D eigenvalue weighted by Gasteiger charge is 2.20. The molecule has 2 rings (SSSR count). The monoisotopic (exact) mass is 247 g/mol. The van der Waals surface area contributed by atoms with E-state index in [1.807, 2.05) is 18.2 Å². The standard InChI is InChI=1S/C14H21N3O/c15-14(18)17(16-10-5-2-6-11-16)12-9-13-7-3-1-4-8-13/h1,3-4,7-8H,2,5-6,9-12H2,(H2,15,18). The number of nitrogens with zero attached hydrogens (tertiary/aromatic N) is 2. The van der Waals surface area contributed by atoms with Crippen LogP contribution in [0.4, 0.5) is 4.79 Å². The Bertz CT molecular complexity index is 374. The first kappa shape index (κ1) is 12.9. The average Bonchev–Trinajstić information content (AvgIpc) is 2.41. The lowest BCUT2D eigenvalue weighted by atomic mass is 10.1. The van der Waals surface area contributed by atoms with Gasteiger partial charge in [-0.05, 0) is 24.8 Å². The van der Waals surface area contributed by atoms with Gasteiger partial charge in [-0.3, -0.25) is 5.01 Å². The molecule has 0 unspecified atom stereocenters. The molecule has 1 aliphatic heterocycles. The summed E-state index contributed by atoms with van der Waals surface area (Å²) >= 11 is 0. The first-order valence-electron chi connectivity index (χ1n) is 6.63. The number of hydrogen-bond donors (Lipinski definition) is 1. The zero-order chi connectivity index (χ0) is 12.8. The number of amides is 2. The topological polar surface area (TPSA) is 49.6 Å². The van der Waals surface area contributed by atoms with Crippen LogP contribution >= 0.6 is 0 Å². The van der Waals surface area contributed by atoms with Gasteiger partial charge < -0.3 is 5.73 Å². The minimum absolute atomic E-state index is 0.340. The van der Waals surface area contributed by atoms with Gasteiger partial charge in [-0.25, -0.2) is 9.80 Å². The van der Waals surface area contributed by atoms with Crippen LogP contribution in [0, 0.1) is 0 Å². The number of primary amides is 1. The number of piperidine rings is 1. The molecule has 0 radical (unpaired) electrons. The van der Waals surface area contributed by atoms with E-state index in [0.717, 1.165) is 32.4 Å². The van der Waals surface area contributed by atoms with Gasteiger partial charge in [0.1, 0.15) is 0 Å². The lowest BCUT2D eigenvalue weighted by Crippen LogP contribution is -2.51. The van der Waals surface area contributed by atoms with Crippen molar-refractivity contribution in [3.8, 4) is 0 Å². The summed E-state index contributed by atoms with van der Waals surface area (Å²) < 4.78 is 0. The van der Waals surface area contributed by atoms with Gasteiger partial charge in [-0.2, -0.15) is 0 Å². The molecule has 1 heterocycles. The second-order valence-electron chi connectivity index (χ2n) is 4.71. The van der Waals surface area contributed by atoms with Gasteiger partial charge in [0.25, 0.3) is 0 Å². The first-order valence-corrected chi connectivity index (χ1v) is 6.63. The highest BCUT2D eigenvalue weighted by Crippen LogP contribution is 2.12. The average molecular weight is 247 g/mol. The lowest BCUT2D eigenvalue weighted by molar-refractivity contribution is 0.00271. The van der Waals surface area contributed by atoms with Crippen LogP contribution in [-0.2, 0) is 6.42 Å². The molecule has 98 valence electrons. The predicted octanol–water partition coefficient (Wildman–Crippen LogP) is 2.01. The fourth-order valence-corrected chi connectivity index (χ4v) is 2.39. The van der Waals surface area contributed by atoms with Crippen LogP contribution in [0.15, 0.2) is 30.3 Å². The summed E-state index contributed by atoms with van der Waals surface area (Å²) in [7, 11) is 0. The summed E-state index contributed by atoms with van der Waals surface area (Å²) in [5.74, 6) is 0. The van der Waals surface area contributed by atoms with E-state index in [4.69, 9.17) is 5.73 Å². The van der Waals surface area contributed by atoms with Gasteiger partial charge in [-0.1, -0.05) is 36.8 Å². The summed E-state index contributed by atoms with van der Waals surface area (Å²) in [4.78, 5) is 11.5. The van der Waals surface area contributed by atoms with Gasteiger partial charge in [-0.15, -0.1) is 0 Å². The Morgan fingerprint density at radius 1 is 1.17 bits per heavy atom. The third kappa shape index (κ3) is 3.47. The molecule has 1 aromatic rings. The van der Waals surface area contributed by atoms with E-state index in [1.54, 1.807) is 5.01 Å². The Kier molecular flexibility index (Phi) is 4.59. The molecule has 0 spiro atoms. The van der Waals surface area contributed by atoms with Crippen LogP contribution in [0.5, 0.6) is 0 Å². The van der Waals surface area contributed by atoms with Crippen molar-refractivity contribution < 1.29 is 4.79 Å². The van der Waals surface area contributed by atoms with Gasteiger partial charge in [0.05, 0.1) is 0 Å². The van der Waals surface area contributed by atoms with Crippen molar-refractivity contribution in [2.24, 2.45) is 5.73 Å². The predicted molar refractivity (Wildman–Crippen MR) is 71.9 cm³/mol. The molecule has 1 fully saturated rings. The number of benzene rings is 1. The Hall–Kier alpha value is -1.55. The van der Waals surface area contributed by atoms with Gasteiger partial charge in [0.2, 0.25) is 0 Å². The first-order chi connectivity index (χ1) is 8.77. The Labute approximate surface area is 108 Å². The summed E-state index contributed by atoms with van der Waals surface area (Å²) in [6, 6.07) is 9.85. The molecule has 0 saturated carbocycles. The summed E-state index contributed by atoms with van der Waals surface area (Å²) in [6.45, 7) is 2.55. The van der Waals surface area contributed by atoms with E-state index < -0.39 is 0 Å². The van der Waals surface area contributed by atoms with Crippen LogP contribution < -0.4 is 5.73 Å². The molecule has 1 aromatic carbocycles. The molecular weight excluding hydrogens is 226 g/mol. The number of hydrazine groups is 1. The highest BCUT2D eigenvalue weighted by atomic mass is 16.2. The van der Waals surface area contributed by atoms with E-state index >= 15 is 0 Å². The molecule has 0 aromatic heterocycles. The molecule has 18 heavy (non-hydrogen) atoms. The van der Waals surface area contributed by atoms with Gasteiger partial charge in [0.15, 0.2) is 0 Å². The van der Waals surface area contributed by atoms with Gasteiger partial charge in [0, 0.05) is 19.6 Å². The molecule has 1 saturated heterocycles. The van der Waals surface area contributed by atoms with Crippen molar-refractivity contribution in [2.75, 3.05) is 19.6 Å². The lowest BCUT2D eigenvalue weighted by Gasteiger charge is -2.36. The molecule has 0 atom stereocenters. The second kappa shape index (κ2) is 6.40. The molecule has 0 aliphatic carbocycles. The van der Waals surface area contributed by atoms with E-state index in [9.17, 15) is 4.79 Å². The summed E-state index contributed by atoms with van der Waals surface area (Å²) in [5.41, 5.74) is 6.71. The molecular formula is C14H21N3O. The number of carbonyl (C=O) groups excluding carboxylic acids is 1. The maximum absolute atomic E-state index is 11.5. The van der Waals surface area contributed by atoms with Crippen molar-refractivity contribution in [3.05, 3.63) is 35.9 Å². The van der Waals surface area contributed by atoms with Crippen LogP contribution in [0.25, 0.3) is 0 Å². The number of carbonyl (C=O) groups is 1. The number of hydrogen-bond acceptors (Lipinski definition) is 2. The van der Waals surface area contributed by atoms with E-state index in [-0.39, 0.29) is 6.03 Å². The third-order valence-corrected chi connectivity index (χ3v) is 3.38. The van der Waals surface area contributed by atoms with Crippen molar-refractivity contribution in [1.29, 1.82) is 0 Å². The highest BCUT2D eigenvalue weighted by molar-refractivity contribution is 5.71. The van der Waals surface area contributed by atoms with Crippen molar-refractivity contribution in [1.82, 2.24) is 10.0 Å². The quantitative estimate of drug-likeness (QED) is 0.884. The zero-order valence-electron chi connectivity index (χ0n) is 10.7. The molecule has 4 nitrogen and oxygen atoms in total. The van der Waals surface area contributed by atoms with Crippen LogP contribution in [-0.4, -0.2) is 35.7 Å². The van der Waals surface area contributed by atoms with Crippen LogP contribution in [0.1, 0.15) is 24.8 Å². The van der Waals surface area contributed by atoms with Crippen LogP contribution in [0.3, 0.4) is 0 Å². The van der Waals surface area contributed by atoms with Gasteiger partial charge >= 0.3 is 6.03 Å². The van der Waals surface area contributed by atoms with Crippen molar-refractivity contribution in [3.63, 3.8) is 0 Å². The van der Waals surface area contributed by atoms with Crippen molar-refractivity contribution >= 4 is 6.03 Å². The summed E-state index contributed by atoms with van der Waals surface area (Å²) in [6.07, 6.45) is 4.40. The van der Waals surface area contributed by atoms with E-state index in [0.29, 0.717) is 6.54 Å². The molecule has 1 aliphatic rings. The van der Waals surface area contributed by atoms with E-state index in [2.05, 4.69) is 17.1 Å². The largest absolute Gasteiger partial charge is 0.350 e. The Morgan fingerprint density at radius 2 is 1.83 bits per heavy atom. The second-order valence-corrected chi connectivity index (χ2v) is 4.71. The van der Waals surface area contributed by atoms with Crippen LogP contribution in [0.2, 0.25) is 0 Å². The minimum Gasteiger partial charge on any atom is -0.350 e. The fourth-order valence-electron chi connectivity index (χ4n) is 2.39. The molecule has 4 heteroatoms. The summed E-state index contributed by atoms with van der Waals surface area (Å²) in [5, 5.41) is 3.79.